The van der Waals surface area contributed by atoms with Gasteiger partial charge < -0.3 is 15.2 Å². The zero-order chi connectivity index (χ0) is 13.0. The molecule has 0 aliphatic heterocycles. The summed E-state index contributed by atoms with van der Waals surface area (Å²) in [4.78, 5) is 16.3. The number of benzene rings is 1. The van der Waals surface area contributed by atoms with E-state index in [1.807, 2.05) is 42.7 Å². The third-order valence-electron chi connectivity index (χ3n) is 2.70. The first kappa shape index (κ1) is 12.2. The van der Waals surface area contributed by atoms with Crippen LogP contribution >= 0.6 is 0 Å². The van der Waals surface area contributed by atoms with Crippen molar-refractivity contribution in [1.82, 2.24) is 9.88 Å². The first-order chi connectivity index (χ1) is 8.66. The third-order valence-corrected chi connectivity index (χ3v) is 2.70. The highest BCUT2D eigenvalue weighted by Crippen LogP contribution is 2.12. The first-order valence-electron chi connectivity index (χ1n) is 5.84. The fraction of sp³-hybridized carbons (Fsp3) is 0.214. The summed E-state index contributed by atoms with van der Waals surface area (Å²) in [6.45, 7) is 0.768. The number of hydrogen-bond donors (Lipinski definition) is 2. The Morgan fingerprint density at radius 2 is 1.94 bits per heavy atom. The molecule has 0 aliphatic rings. The zero-order valence-corrected chi connectivity index (χ0v) is 10.6. The van der Waals surface area contributed by atoms with Crippen molar-refractivity contribution in [2.45, 2.75) is 6.54 Å². The Labute approximate surface area is 107 Å². The lowest BCUT2D eigenvalue weighted by molar-refractivity contribution is 0.0827. The summed E-state index contributed by atoms with van der Waals surface area (Å²) < 4.78 is 0. The Kier molecular flexibility index (Phi) is 3.67. The SMILES string of the molecule is CN(C)C(=O)c1ccc(NCc2cc[nH]c2)cc1. The van der Waals surface area contributed by atoms with Crippen molar-refractivity contribution in [1.29, 1.82) is 0 Å². The second-order valence-corrected chi connectivity index (χ2v) is 4.35. The molecule has 4 heteroatoms. The number of aromatic amines is 1. The summed E-state index contributed by atoms with van der Waals surface area (Å²) >= 11 is 0. The van der Waals surface area contributed by atoms with E-state index in [2.05, 4.69) is 10.3 Å². The van der Waals surface area contributed by atoms with E-state index in [1.54, 1.807) is 19.0 Å². The predicted molar refractivity (Wildman–Crippen MR) is 72.6 cm³/mol. The van der Waals surface area contributed by atoms with Crippen LogP contribution in [0.5, 0.6) is 0 Å². The monoisotopic (exact) mass is 243 g/mol. The lowest BCUT2D eigenvalue weighted by Crippen LogP contribution is -2.21. The van der Waals surface area contributed by atoms with Crippen LogP contribution < -0.4 is 5.32 Å². The molecule has 2 N–H and O–H groups in total. The number of carbonyl (C=O) groups excluding carboxylic acids is 1. The van der Waals surface area contributed by atoms with Crippen LogP contribution in [-0.4, -0.2) is 29.9 Å². The number of hydrogen-bond acceptors (Lipinski definition) is 2. The lowest BCUT2D eigenvalue weighted by Gasteiger charge is -2.11. The number of H-pyrrole nitrogens is 1. The van der Waals surface area contributed by atoms with Gasteiger partial charge >= 0.3 is 0 Å². The molecule has 0 radical (unpaired) electrons. The minimum atomic E-state index is 0.0205. The van der Waals surface area contributed by atoms with Gasteiger partial charge in [0.15, 0.2) is 0 Å². The molecule has 94 valence electrons. The van der Waals surface area contributed by atoms with E-state index in [9.17, 15) is 4.79 Å². The summed E-state index contributed by atoms with van der Waals surface area (Å²) in [6, 6.07) is 9.54. The number of aromatic nitrogens is 1. The molecular formula is C14H17N3O. The number of nitrogens with one attached hydrogen (secondary N) is 2. The molecule has 1 heterocycles. The van der Waals surface area contributed by atoms with Gasteiger partial charge in [0.1, 0.15) is 0 Å². The maximum absolute atomic E-state index is 11.7. The van der Waals surface area contributed by atoms with E-state index >= 15 is 0 Å². The summed E-state index contributed by atoms with van der Waals surface area (Å²) in [7, 11) is 3.50. The van der Waals surface area contributed by atoms with Gasteiger partial charge in [-0.3, -0.25) is 4.79 Å². The van der Waals surface area contributed by atoms with Crippen molar-refractivity contribution in [2.75, 3.05) is 19.4 Å². The second-order valence-electron chi connectivity index (χ2n) is 4.35. The van der Waals surface area contributed by atoms with E-state index in [-0.39, 0.29) is 5.91 Å². The Morgan fingerprint density at radius 1 is 1.22 bits per heavy atom. The van der Waals surface area contributed by atoms with Crippen molar-refractivity contribution in [2.24, 2.45) is 0 Å². The maximum atomic E-state index is 11.7. The van der Waals surface area contributed by atoms with Crippen LogP contribution in [0.1, 0.15) is 15.9 Å². The van der Waals surface area contributed by atoms with E-state index in [0.29, 0.717) is 5.56 Å². The molecule has 0 bridgehead atoms. The minimum Gasteiger partial charge on any atom is -0.381 e. The van der Waals surface area contributed by atoms with Crippen LogP contribution in [0.15, 0.2) is 42.7 Å². The first-order valence-corrected chi connectivity index (χ1v) is 5.84. The van der Waals surface area contributed by atoms with Crippen LogP contribution in [0.4, 0.5) is 5.69 Å². The summed E-state index contributed by atoms with van der Waals surface area (Å²) in [5.41, 5.74) is 2.90. The van der Waals surface area contributed by atoms with Crippen LogP contribution in [0, 0.1) is 0 Å². The van der Waals surface area contributed by atoms with Gasteiger partial charge in [-0.1, -0.05) is 0 Å². The normalized spacial score (nSPS) is 10.1. The van der Waals surface area contributed by atoms with Crippen molar-refractivity contribution in [3.63, 3.8) is 0 Å². The molecule has 0 saturated carbocycles. The summed E-state index contributed by atoms with van der Waals surface area (Å²) in [6.07, 6.45) is 3.85. The molecule has 1 amide bonds. The molecule has 0 spiro atoms. The number of nitrogens with zero attached hydrogens (tertiary/aromatic N) is 1. The second kappa shape index (κ2) is 5.40. The third kappa shape index (κ3) is 2.91. The number of anilines is 1. The highest BCUT2D eigenvalue weighted by atomic mass is 16.2. The van der Waals surface area contributed by atoms with Crippen LogP contribution in [0.2, 0.25) is 0 Å². The summed E-state index contributed by atoms with van der Waals surface area (Å²) in [5, 5.41) is 3.30. The van der Waals surface area contributed by atoms with E-state index in [0.717, 1.165) is 12.2 Å². The van der Waals surface area contributed by atoms with Gasteiger partial charge in [0.05, 0.1) is 0 Å². The molecular weight excluding hydrogens is 226 g/mol. The highest BCUT2D eigenvalue weighted by Gasteiger charge is 2.06. The van der Waals surface area contributed by atoms with Gasteiger partial charge in [-0.25, -0.2) is 0 Å². The predicted octanol–water partition coefficient (Wildman–Crippen LogP) is 2.33. The molecule has 0 unspecified atom stereocenters. The van der Waals surface area contributed by atoms with Gasteiger partial charge in [0.2, 0.25) is 0 Å². The highest BCUT2D eigenvalue weighted by molar-refractivity contribution is 5.94. The van der Waals surface area contributed by atoms with Crippen LogP contribution in [0.25, 0.3) is 0 Å². The van der Waals surface area contributed by atoms with Crippen molar-refractivity contribution in [3.8, 4) is 0 Å². The number of amides is 1. The molecule has 0 aliphatic carbocycles. The number of carbonyl (C=O) groups is 1. The van der Waals surface area contributed by atoms with Gasteiger partial charge in [-0.15, -0.1) is 0 Å². The van der Waals surface area contributed by atoms with Gasteiger partial charge in [-0.2, -0.15) is 0 Å². The van der Waals surface area contributed by atoms with Crippen molar-refractivity contribution < 1.29 is 4.79 Å². The Bertz CT molecular complexity index is 500. The van der Waals surface area contributed by atoms with Crippen LogP contribution in [-0.2, 0) is 6.54 Å². The Hall–Kier alpha value is -2.23. The summed E-state index contributed by atoms with van der Waals surface area (Å²) in [5.74, 6) is 0.0205. The fourth-order valence-corrected chi connectivity index (χ4v) is 1.66. The zero-order valence-electron chi connectivity index (χ0n) is 10.6. The van der Waals surface area contributed by atoms with E-state index in [1.165, 1.54) is 5.56 Å². The lowest BCUT2D eigenvalue weighted by atomic mass is 10.2. The molecule has 2 rings (SSSR count). The average Bonchev–Trinajstić information content (AvgIpc) is 2.89. The Balaban J connectivity index is 1.97. The average molecular weight is 243 g/mol. The molecule has 18 heavy (non-hydrogen) atoms. The van der Waals surface area contributed by atoms with Gasteiger partial charge in [0.25, 0.3) is 5.91 Å². The molecule has 0 saturated heterocycles. The van der Waals surface area contributed by atoms with Crippen molar-refractivity contribution >= 4 is 11.6 Å². The standard InChI is InChI=1S/C14H17N3O/c1-17(2)14(18)12-3-5-13(6-4-12)16-10-11-7-8-15-9-11/h3-9,15-16H,10H2,1-2H3. The molecule has 0 atom stereocenters. The molecule has 1 aromatic heterocycles. The van der Waals surface area contributed by atoms with E-state index < -0.39 is 0 Å². The smallest absolute Gasteiger partial charge is 0.253 e. The van der Waals surface area contributed by atoms with E-state index in [4.69, 9.17) is 0 Å². The Morgan fingerprint density at radius 3 is 2.50 bits per heavy atom. The molecule has 0 fully saturated rings. The number of rotatable bonds is 4. The maximum Gasteiger partial charge on any atom is 0.253 e. The molecule has 2 aromatic rings. The van der Waals surface area contributed by atoms with Gasteiger partial charge in [0, 0.05) is 44.3 Å². The van der Waals surface area contributed by atoms with Crippen molar-refractivity contribution in [3.05, 3.63) is 53.9 Å². The minimum absolute atomic E-state index is 0.0205. The molecule has 4 nitrogen and oxygen atoms in total. The topological polar surface area (TPSA) is 48.1 Å². The molecule has 1 aromatic carbocycles. The largest absolute Gasteiger partial charge is 0.381 e. The van der Waals surface area contributed by atoms with Gasteiger partial charge in [-0.05, 0) is 35.9 Å². The fourth-order valence-electron chi connectivity index (χ4n) is 1.66. The van der Waals surface area contributed by atoms with Crippen LogP contribution in [0.3, 0.4) is 0 Å². The quantitative estimate of drug-likeness (QED) is 0.865.